The van der Waals surface area contributed by atoms with E-state index >= 15 is 0 Å². The number of carboxylic acids is 1. The lowest BCUT2D eigenvalue weighted by molar-refractivity contribution is -0.139. The molecule has 1 rings (SSSR count). The molecule has 0 bridgehead atoms. The minimum Gasteiger partial charge on any atom is -0.481 e. The standard InChI is InChI=1S/C9H9ClO4/c1-6-2-3-7(14-10)4-8(6)13-5-9(11)12/h2-4H,5H2,1H3,(H,11,12). The fraction of sp³-hybridized carbons (Fsp3) is 0.222. The highest BCUT2D eigenvalue weighted by molar-refractivity contribution is 6.09. The molecule has 0 atom stereocenters. The maximum Gasteiger partial charge on any atom is 0.341 e. The topological polar surface area (TPSA) is 55.8 Å². The fourth-order valence-corrected chi connectivity index (χ4v) is 1.02. The first-order chi connectivity index (χ1) is 6.63. The molecule has 0 fully saturated rings. The van der Waals surface area contributed by atoms with Crippen molar-refractivity contribution < 1.29 is 18.9 Å². The van der Waals surface area contributed by atoms with Crippen LogP contribution in [0, 0.1) is 6.92 Å². The van der Waals surface area contributed by atoms with Gasteiger partial charge in [0.05, 0.1) is 0 Å². The molecule has 0 radical (unpaired) electrons. The molecule has 14 heavy (non-hydrogen) atoms. The number of benzene rings is 1. The van der Waals surface area contributed by atoms with Crippen molar-refractivity contribution in [1.29, 1.82) is 0 Å². The van der Waals surface area contributed by atoms with Crippen LogP contribution in [0.2, 0.25) is 0 Å². The van der Waals surface area contributed by atoms with Crippen molar-refractivity contribution in [1.82, 2.24) is 0 Å². The molecule has 76 valence electrons. The molecule has 0 amide bonds. The van der Waals surface area contributed by atoms with E-state index in [0.29, 0.717) is 11.5 Å². The second-order valence-electron chi connectivity index (χ2n) is 2.69. The smallest absolute Gasteiger partial charge is 0.341 e. The summed E-state index contributed by atoms with van der Waals surface area (Å²) in [7, 11) is 0. The van der Waals surface area contributed by atoms with E-state index in [1.165, 1.54) is 6.07 Å². The number of carbonyl (C=O) groups is 1. The van der Waals surface area contributed by atoms with Crippen LogP contribution in [0.15, 0.2) is 18.2 Å². The molecule has 1 N–H and O–H groups in total. The van der Waals surface area contributed by atoms with Gasteiger partial charge in [-0.05, 0) is 18.6 Å². The summed E-state index contributed by atoms with van der Waals surface area (Å²) in [6, 6.07) is 4.93. The van der Waals surface area contributed by atoms with Crippen molar-refractivity contribution >= 4 is 17.8 Å². The van der Waals surface area contributed by atoms with E-state index in [0.717, 1.165) is 5.56 Å². The zero-order valence-corrected chi connectivity index (χ0v) is 8.25. The summed E-state index contributed by atoms with van der Waals surface area (Å²) in [6.45, 7) is 1.42. The summed E-state index contributed by atoms with van der Waals surface area (Å²) in [5.74, 6) is -0.162. The maximum absolute atomic E-state index is 10.3. The van der Waals surface area contributed by atoms with Crippen LogP contribution in [0.5, 0.6) is 11.5 Å². The van der Waals surface area contributed by atoms with Crippen molar-refractivity contribution in [3.63, 3.8) is 0 Å². The minimum atomic E-state index is -1.03. The highest BCUT2D eigenvalue weighted by atomic mass is 35.5. The van der Waals surface area contributed by atoms with E-state index in [1.54, 1.807) is 19.1 Å². The van der Waals surface area contributed by atoms with Gasteiger partial charge in [0.15, 0.2) is 6.61 Å². The number of aliphatic carboxylic acids is 1. The largest absolute Gasteiger partial charge is 0.481 e. The molecule has 0 spiro atoms. The first kappa shape index (κ1) is 10.7. The SMILES string of the molecule is Cc1ccc(OCl)cc1OCC(=O)O. The average Bonchev–Trinajstić information content (AvgIpc) is 2.16. The summed E-state index contributed by atoms with van der Waals surface area (Å²) in [5.41, 5.74) is 0.823. The first-order valence-electron chi connectivity index (χ1n) is 3.87. The normalized spacial score (nSPS) is 9.57. The van der Waals surface area contributed by atoms with Crippen LogP contribution in [-0.2, 0) is 4.79 Å². The van der Waals surface area contributed by atoms with E-state index in [1.807, 2.05) is 0 Å². The summed E-state index contributed by atoms with van der Waals surface area (Å²) in [4.78, 5) is 10.3. The lowest BCUT2D eigenvalue weighted by Gasteiger charge is -2.07. The molecule has 0 aromatic heterocycles. The molecule has 4 nitrogen and oxygen atoms in total. The molecule has 1 aromatic rings. The van der Waals surface area contributed by atoms with E-state index in [2.05, 4.69) is 4.29 Å². The quantitative estimate of drug-likeness (QED) is 0.836. The third-order valence-electron chi connectivity index (χ3n) is 1.60. The maximum atomic E-state index is 10.3. The molecule has 0 heterocycles. The number of halogens is 1. The van der Waals surface area contributed by atoms with Crippen LogP contribution in [0.3, 0.4) is 0 Å². The van der Waals surface area contributed by atoms with Crippen molar-refractivity contribution in [2.45, 2.75) is 6.92 Å². The van der Waals surface area contributed by atoms with Gasteiger partial charge in [0.2, 0.25) is 0 Å². The average molecular weight is 217 g/mol. The number of carboxylic acid groups (broad SMARTS) is 1. The van der Waals surface area contributed by atoms with E-state index in [-0.39, 0.29) is 6.61 Å². The van der Waals surface area contributed by atoms with Gasteiger partial charge >= 0.3 is 5.97 Å². The zero-order chi connectivity index (χ0) is 10.6. The second-order valence-corrected chi connectivity index (χ2v) is 2.84. The van der Waals surface area contributed by atoms with Gasteiger partial charge in [0, 0.05) is 6.07 Å². The summed E-state index contributed by atoms with van der Waals surface area (Å²) >= 11 is 5.14. The molecule has 0 unspecified atom stereocenters. The lowest BCUT2D eigenvalue weighted by Crippen LogP contribution is -2.10. The Kier molecular flexibility index (Phi) is 3.59. The van der Waals surface area contributed by atoms with E-state index < -0.39 is 5.97 Å². The zero-order valence-electron chi connectivity index (χ0n) is 7.49. The van der Waals surface area contributed by atoms with Crippen molar-refractivity contribution in [2.24, 2.45) is 0 Å². The number of hydrogen-bond donors (Lipinski definition) is 1. The van der Waals surface area contributed by atoms with Crippen LogP contribution < -0.4 is 9.03 Å². The van der Waals surface area contributed by atoms with Gasteiger partial charge in [-0.15, -0.1) is 0 Å². The Labute approximate surface area is 86.2 Å². The molecule has 0 saturated heterocycles. The van der Waals surface area contributed by atoms with Crippen LogP contribution in [-0.4, -0.2) is 17.7 Å². The number of hydrogen-bond acceptors (Lipinski definition) is 3. The Hall–Kier alpha value is -1.42. The van der Waals surface area contributed by atoms with Gasteiger partial charge in [-0.25, -0.2) is 4.79 Å². The third kappa shape index (κ3) is 2.81. The Morgan fingerprint density at radius 2 is 2.29 bits per heavy atom. The van der Waals surface area contributed by atoms with Gasteiger partial charge in [0.25, 0.3) is 0 Å². The van der Waals surface area contributed by atoms with E-state index in [9.17, 15) is 4.79 Å². The summed E-state index contributed by atoms with van der Waals surface area (Å²) in [6.07, 6.45) is 0. The highest BCUT2D eigenvalue weighted by Gasteiger charge is 2.04. The molecule has 0 aliphatic rings. The number of aryl methyl sites for hydroxylation is 1. The van der Waals surface area contributed by atoms with Crippen LogP contribution >= 0.6 is 11.9 Å². The lowest BCUT2D eigenvalue weighted by atomic mass is 10.2. The number of ether oxygens (including phenoxy) is 1. The van der Waals surface area contributed by atoms with E-state index in [4.69, 9.17) is 21.7 Å². The molecule has 0 aliphatic carbocycles. The predicted octanol–water partition coefficient (Wildman–Crippen LogP) is 1.99. The van der Waals surface area contributed by atoms with Gasteiger partial charge in [-0.2, -0.15) is 0 Å². The Balaban J connectivity index is 2.78. The molecular formula is C9H9ClO4. The molecule has 0 aliphatic heterocycles. The first-order valence-corrected chi connectivity index (χ1v) is 4.18. The molecular weight excluding hydrogens is 208 g/mol. The van der Waals surface area contributed by atoms with Crippen LogP contribution in [0.4, 0.5) is 0 Å². The summed E-state index contributed by atoms with van der Waals surface area (Å²) in [5, 5.41) is 8.41. The number of rotatable bonds is 4. The van der Waals surface area contributed by atoms with Crippen molar-refractivity contribution in [2.75, 3.05) is 6.61 Å². The molecule has 5 heteroatoms. The van der Waals surface area contributed by atoms with Gasteiger partial charge < -0.3 is 14.1 Å². The molecule has 1 aromatic carbocycles. The molecule has 0 saturated carbocycles. The van der Waals surface area contributed by atoms with Gasteiger partial charge in [-0.1, -0.05) is 6.07 Å². The third-order valence-corrected chi connectivity index (χ3v) is 1.78. The Morgan fingerprint density at radius 3 is 2.86 bits per heavy atom. The van der Waals surface area contributed by atoms with Gasteiger partial charge in [0.1, 0.15) is 23.4 Å². The van der Waals surface area contributed by atoms with Crippen LogP contribution in [0.1, 0.15) is 5.56 Å². The Morgan fingerprint density at radius 1 is 1.57 bits per heavy atom. The highest BCUT2D eigenvalue weighted by Crippen LogP contribution is 2.24. The monoisotopic (exact) mass is 216 g/mol. The van der Waals surface area contributed by atoms with Crippen LogP contribution in [0.25, 0.3) is 0 Å². The Bertz CT molecular complexity index is 338. The predicted molar refractivity (Wildman–Crippen MR) is 50.8 cm³/mol. The van der Waals surface area contributed by atoms with Crippen molar-refractivity contribution in [3.8, 4) is 11.5 Å². The summed E-state index contributed by atoms with van der Waals surface area (Å²) < 4.78 is 9.46. The van der Waals surface area contributed by atoms with Gasteiger partial charge in [-0.3, -0.25) is 0 Å². The second kappa shape index (κ2) is 4.72. The minimum absolute atomic E-state index is 0.382. The fourth-order valence-electron chi connectivity index (χ4n) is 0.923. The van der Waals surface area contributed by atoms with Crippen molar-refractivity contribution in [3.05, 3.63) is 23.8 Å².